The number of aliphatic hydroxyl groups excluding tert-OH is 1. The number of carbonyl (C=O) groups is 2. The molecule has 1 aliphatic rings. The van der Waals surface area contributed by atoms with Gasteiger partial charge in [0.25, 0.3) is 11.7 Å². The number of rotatable bonds is 8. The second-order valence-corrected chi connectivity index (χ2v) is 7.95. The van der Waals surface area contributed by atoms with E-state index in [9.17, 15) is 14.7 Å². The highest BCUT2D eigenvalue weighted by atomic mass is 16.5. The molecular weight excluding hydrogens is 408 g/mol. The quantitative estimate of drug-likeness (QED) is 0.387. The molecule has 0 spiro atoms. The van der Waals surface area contributed by atoms with Gasteiger partial charge in [0.1, 0.15) is 17.3 Å². The number of benzene rings is 2. The van der Waals surface area contributed by atoms with Crippen LogP contribution in [0.25, 0.3) is 5.76 Å². The number of likely N-dealkylation sites (tertiary alicyclic amines) is 1. The van der Waals surface area contributed by atoms with E-state index in [2.05, 4.69) is 0 Å². The molecule has 1 N–H and O–H groups in total. The molecule has 0 saturated carbocycles. The molecule has 3 rings (SSSR count). The van der Waals surface area contributed by atoms with Crippen molar-refractivity contribution in [3.63, 3.8) is 0 Å². The Morgan fingerprint density at radius 3 is 2.47 bits per heavy atom. The molecule has 1 aliphatic heterocycles. The standard InChI is InChI=1S/C25H30N2O5/c1-6-32-20-10-8-7-9-18(20)22-21(24(29)25(30)27(22)14-13-26(3)4)23(28)17-11-12-19(31-5)16(2)15-17/h7-12,15,22,28H,6,13-14H2,1-5H3/b23-21+/t22-/m0/s1. The van der Waals surface area contributed by atoms with Gasteiger partial charge in [-0.1, -0.05) is 18.2 Å². The van der Waals surface area contributed by atoms with Crippen LogP contribution >= 0.6 is 0 Å². The van der Waals surface area contributed by atoms with Crippen molar-refractivity contribution in [2.24, 2.45) is 0 Å². The first kappa shape index (κ1) is 23.3. The molecule has 2 aromatic carbocycles. The van der Waals surface area contributed by atoms with E-state index in [1.54, 1.807) is 25.3 Å². The van der Waals surface area contributed by atoms with Crippen molar-refractivity contribution in [3.05, 3.63) is 64.7 Å². The van der Waals surface area contributed by atoms with Crippen molar-refractivity contribution in [2.75, 3.05) is 40.9 Å². The summed E-state index contributed by atoms with van der Waals surface area (Å²) in [6.45, 7) is 5.07. The van der Waals surface area contributed by atoms with Gasteiger partial charge in [-0.15, -0.1) is 0 Å². The van der Waals surface area contributed by atoms with Gasteiger partial charge in [0, 0.05) is 24.2 Å². The van der Waals surface area contributed by atoms with E-state index in [4.69, 9.17) is 9.47 Å². The monoisotopic (exact) mass is 438 g/mol. The Morgan fingerprint density at radius 1 is 1.12 bits per heavy atom. The summed E-state index contributed by atoms with van der Waals surface area (Å²) in [5, 5.41) is 11.2. The molecule has 7 heteroatoms. The molecule has 0 bridgehead atoms. The highest BCUT2D eigenvalue weighted by Gasteiger charge is 2.46. The molecule has 0 aromatic heterocycles. The van der Waals surface area contributed by atoms with Crippen LogP contribution in [0.5, 0.6) is 11.5 Å². The molecule has 1 saturated heterocycles. The first-order valence-corrected chi connectivity index (χ1v) is 10.6. The molecule has 1 heterocycles. The van der Waals surface area contributed by atoms with Crippen LogP contribution in [0.3, 0.4) is 0 Å². The number of Topliss-reactive ketones (excluding diaryl/α,β-unsaturated/α-hetero) is 1. The number of hydrogen-bond acceptors (Lipinski definition) is 6. The van der Waals surface area contributed by atoms with Gasteiger partial charge in [-0.3, -0.25) is 9.59 Å². The largest absolute Gasteiger partial charge is 0.507 e. The Morgan fingerprint density at radius 2 is 1.84 bits per heavy atom. The third-order valence-corrected chi connectivity index (χ3v) is 5.51. The lowest BCUT2D eigenvalue weighted by Gasteiger charge is -2.27. The average Bonchev–Trinajstić information content (AvgIpc) is 3.02. The fourth-order valence-electron chi connectivity index (χ4n) is 3.92. The number of amides is 1. The van der Waals surface area contributed by atoms with Crippen molar-refractivity contribution in [1.82, 2.24) is 9.80 Å². The predicted molar refractivity (Wildman–Crippen MR) is 123 cm³/mol. The summed E-state index contributed by atoms with van der Waals surface area (Å²) in [5.74, 6) is -0.293. The summed E-state index contributed by atoms with van der Waals surface area (Å²) < 4.78 is 11.1. The summed E-state index contributed by atoms with van der Waals surface area (Å²) in [6, 6.07) is 11.7. The van der Waals surface area contributed by atoms with E-state index in [1.807, 2.05) is 57.1 Å². The number of carbonyl (C=O) groups excluding carboxylic acids is 2. The maximum absolute atomic E-state index is 13.1. The molecule has 0 aliphatic carbocycles. The number of nitrogens with zero attached hydrogens (tertiary/aromatic N) is 2. The zero-order valence-corrected chi connectivity index (χ0v) is 19.2. The second kappa shape index (κ2) is 9.87. The van der Waals surface area contributed by atoms with Crippen molar-refractivity contribution >= 4 is 17.4 Å². The molecule has 0 unspecified atom stereocenters. The minimum Gasteiger partial charge on any atom is -0.507 e. The maximum Gasteiger partial charge on any atom is 0.295 e. The molecule has 1 atom stereocenters. The Bertz CT molecular complexity index is 1040. The predicted octanol–water partition coefficient (Wildman–Crippen LogP) is 3.39. The van der Waals surface area contributed by atoms with Crippen LogP contribution < -0.4 is 9.47 Å². The summed E-state index contributed by atoms with van der Waals surface area (Å²) in [5.41, 5.74) is 1.99. The zero-order valence-electron chi connectivity index (χ0n) is 19.2. The van der Waals surface area contributed by atoms with Crippen LogP contribution in [0, 0.1) is 6.92 Å². The molecule has 170 valence electrons. The second-order valence-electron chi connectivity index (χ2n) is 7.95. The van der Waals surface area contributed by atoms with Crippen molar-refractivity contribution in [2.45, 2.75) is 19.9 Å². The van der Waals surface area contributed by atoms with Crippen LogP contribution in [0.15, 0.2) is 48.0 Å². The van der Waals surface area contributed by atoms with Crippen LogP contribution in [0.2, 0.25) is 0 Å². The van der Waals surface area contributed by atoms with Crippen LogP contribution in [-0.2, 0) is 9.59 Å². The number of para-hydroxylation sites is 1. The maximum atomic E-state index is 13.1. The zero-order chi connectivity index (χ0) is 23.4. The number of aryl methyl sites for hydroxylation is 1. The minimum atomic E-state index is -0.750. The fraction of sp³-hybridized carbons (Fsp3) is 0.360. The van der Waals surface area contributed by atoms with Crippen LogP contribution in [0.4, 0.5) is 0 Å². The van der Waals surface area contributed by atoms with Gasteiger partial charge in [0.15, 0.2) is 0 Å². The molecular formula is C25H30N2O5. The summed E-state index contributed by atoms with van der Waals surface area (Å²) in [7, 11) is 5.38. The molecule has 0 radical (unpaired) electrons. The third kappa shape index (κ3) is 4.48. The Labute approximate surface area is 188 Å². The normalized spacial score (nSPS) is 17.8. The molecule has 7 nitrogen and oxygen atoms in total. The number of ether oxygens (including phenoxy) is 2. The van der Waals surface area contributed by atoms with Crippen molar-refractivity contribution in [3.8, 4) is 11.5 Å². The molecule has 32 heavy (non-hydrogen) atoms. The van der Waals surface area contributed by atoms with Gasteiger partial charge in [-0.25, -0.2) is 0 Å². The van der Waals surface area contributed by atoms with Gasteiger partial charge in [0.05, 0.1) is 25.3 Å². The summed E-state index contributed by atoms with van der Waals surface area (Å²) in [6.07, 6.45) is 0. The SMILES string of the molecule is CCOc1ccccc1[C@H]1/C(=C(\O)c2ccc(OC)c(C)c2)C(=O)C(=O)N1CCN(C)C. The summed E-state index contributed by atoms with van der Waals surface area (Å²) in [4.78, 5) is 29.6. The van der Waals surface area contributed by atoms with E-state index in [-0.39, 0.29) is 11.3 Å². The number of likely N-dealkylation sites (N-methyl/N-ethyl adjacent to an activating group) is 1. The number of hydrogen-bond donors (Lipinski definition) is 1. The smallest absolute Gasteiger partial charge is 0.295 e. The van der Waals surface area contributed by atoms with E-state index < -0.39 is 17.7 Å². The van der Waals surface area contributed by atoms with Gasteiger partial charge >= 0.3 is 0 Å². The lowest BCUT2D eigenvalue weighted by atomic mass is 9.94. The molecule has 2 aromatic rings. The van der Waals surface area contributed by atoms with Crippen molar-refractivity contribution < 1.29 is 24.2 Å². The first-order valence-electron chi connectivity index (χ1n) is 10.6. The lowest BCUT2D eigenvalue weighted by molar-refractivity contribution is -0.140. The first-order chi connectivity index (χ1) is 15.3. The summed E-state index contributed by atoms with van der Waals surface area (Å²) >= 11 is 0. The minimum absolute atomic E-state index is 0.0606. The number of ketones is 1. The van der Waals surface area contributed by atoms with Crippen LogP contribution in [-0.4, -0.2) is 67.5 Å². The number of aliphatic hydroxyl groups is 1. The Kier molecular flexibility index (Phi) is 7.20. The Balaban J connectivity index is 2.20. The van der Waals surface area contributed by atoms with Gasteiger partial charge in [-0.05, 0) is 57.8 Å². The molecule has 1 fully saturated rings. The van der Waals surface area contributed by atoms with E-state index in [1.165, 1.54) is 4.90 Å². The fourth-order valence-corrected chi connectivity index (χ4v) is 3.92. The van der Waals surface area contributed by atoms with E-state index in [0.29, 0.717) is 42.3 Å². The van der Waals surface area contributed by atoms with Crippen molar-refractivity contribution in [1.29, 1.82) is 0 Å². The molecule has 1 amide bonds. The lowest BCUT2D eigenvalue weighted by Crippen LogP contribution is -2.35. The highest BCUT2D eigenvalue weighted by molar-refractivity contribution is 6.46. The van der Waals surface area contributed by atoms with Gasteiger partial charge in [-0.2, -0.15) is 0 Å². The van der Waals surface area contributed by atoms with Crippen LogP contribution in [0.1, 0.15) is 29.7 Å². The average molecular weight is 439 g/mol. The third-order valence-electron chi connectivity index (χ3n) is 5.51. The highest BCUT2D eigenvalue weighted by Crippen LogP contribution is 2.42. The van der Waals surface area contributed by atoms with Gasteiger partial charge in [0.2, 0.25) is 0 Å². The topological polar surface area (TPSA) is 79.3 Å². The number of methoxy groups -OCH3 is 1. The van der Waals surface area contributed by atoms with E-state index in [0.717, 1.165) is 5.56 Å². The Hall–Kier alpha value is -3.32. The van der Waals surface area contributed by atoms with E-state index >= 15 is 0 Å². The van der Waals surface area contributed by atoms with Gasteiger partial charge < -0.3 is 24.4 Å².